The molecule has 480 valence electrons. The van der Waals surface area contributed by atoms with E-state index in [1.54, 1.807) is 0 Å². The fourth-order valence-corrected chi connectivity index (χ4v) is 21.1. The Morgan fingerprint density at radius 2 is 0.909 bits per heavy atom. The largest absolute Gasteiger partial charge is 0.311 e. The van der Waals surface area contributed by atoms with Crippen LogP contribution in [-0.2, 0) is 16.2 Å². The molecule has 0 bridgehead atoms. The lowest BCUT2D eigenvalue weighted by Crippen LogP contribution is -2.60. The van der Waals surface area contributed by atoms with Crippen LogP contribution in [0.15, 0.2) is 279 Å². The van der Waals surface area contributed by atoms with E-state index in [4.69, 9.17) is 0 Å². The first-order chi connectivity index (χ1) is 47.8. The van der Waals surface area contributed by atoms with Gasteiger partial charge in [0.15, 0.2) is 0 Å². The molecule has 0 fully saturated rings. The number of thiophene rings is 1. The molecule has 99 heavy (non-hydrogen) atoms. The molecule has 14 aromatic carbocycles. The van der Waals surface area contributed by atoms with Gasteiger partial charge in [0, 0.05) is 71.5 Å². The molecular weight excluding hydrogens is 1230 g/mol. The molecule has 0 saturated heterocycles. The van der Waals surface area contributed by atoms with Gasteiger partial charge in [-0.3, -0.25) is 0 Å². The van der Waals surface area contributed by atoms with E-state index in [-0.39, 0.29) is 23.0 Å². The normalized spacial score (nSPS) is 13.8. The standard InChI is InChI=1S/C92H79BN4SSi/c1-90(2,3)61-41-45-67(46-42-61)96-79-56-69(94(64-27-15-12-16-28-64)65-29-17-13-18-30-65)57-80-87(79)93(89-88(96)74-54-63(92(7,8)9)44-52-81(74)98-89)75-50-47-68(95(66-31-19-14-20-32-66)77-34-24-36-83-86(77)72-33-21-22-35-82(72)99(83,10)11)55-78(75)97(80)76-51-43-62(91(4,5)6)53-73(76)70-48-39-60-38-37-58-25-23-26-59-40-49-71(70)85(60)84(58)59/h12-57H,1-11H3. The third-order valence-electron chi connectivity index (χ3n) is 21.8. The molecular formula is C92H79BN4SSi. The highest BCUT2D eigenvalue weighted by Gasteiger charge is 2.48. The minimum atomic E-state index is -2.10. The van der Waals surface area contributed by atoms with Crippen LogP contribution >= 0.6 is 11.3 Å². The third kappa shape index (κ3) is 9.59. The van der Waals surface area contributed by atoms with Gasteiger partial charge in [0.2, 0.25) is 0 Å². The molecule has 4 nitrogen and oxygen atoms in total. The summed E-state index contributed by atoms with van der Waals surface area (Å²) >= 11 is 1.97. The van der Waals surface area contributed by atoms with Crippen molar-refractivity contribution in [3.05, 3.63) is 296 Å². The van der Waals surface area contributed by atoms with E-state index >= 15 is 0 Å². The lowest BCUT2D eigenvalue weighted by atomic mass is 9.36. The van der Waals surface area contributed by atoms with E-state index in [1.165, 1.54) is 119 Å². The molecule has 3 aliphatic heterocycles. The van der Waals surface area contributed by atoms with Crippen molar-refractivity contribution in [3.63, 3.8) is 0 Å². The Hall–Kier alpha value is -10.4. The Morgan fingerprint density at radius 3 is 1.58 bits per heavy atom. The number of nitrogens with zero attached hydrogens (tertiary/aromatic N) is 4. The molecule has 0 amide bonds. The van der Waals surface area contributed by atoms with Crippen molar-refractivity contribution in [3.8, 4) is 22.3 Å². The van der Waals surface area contributed by atoms with Crippen LogP contribution < -0.4 is 45.7 Å². The van der Waals surface area contributed by atoms with Crippen molar-refractivity contribution in [1.29, 1.82) is 0 Å². The number of hydrogen-bond acceptors (Lipinski definition) is 5. The van der Waals surface area contributed by atoms with Gasteiger partial charge in [0.05, 0.1) is 22.7 Å². The van der Waals surface area contributed by atoms with Crippen LogP contribution in [0.3, 0.4) is 0 Å². The number of anilines is 12. The van der Waals surface area contributed by atoms with E-state index in [1.807, 2.05) is 11.3 Å². The van der Waals surface area contributed by atoms with Gasteiger partial charge in [-0.1, -0.05) is 251 Å². The number of para-hydroxylation sites is 3. The van der Waals surface area contributed by atoms with Crippen molar-refractivity contribution in [2.75, 3.05) is 19.6 Å². The first-order valence-corrected chi connectivity index (χ1v) is 39.0. The van der Waals surface area contributed by atoms with Crippen LogP contribution in [0, 0.1) is 0 Å². The van der Waals surface area contributed by atoms with Gasteiger partial charge in [-0.2, -0.15) is 0 Å². The summed E-state index contributed by atoms with van der Waals surface area (Å²) in [6, 6.07) is 107. The van der Waals surface area contributed by atoms with Crippen LogP contribution in [0.5, 0.6) is 0 Å². The summed E-state index contributed by atoms with van der Waals surface area (Å²) in [6.07, 6.45) is 0. The minimum absolute atomic E-state index is 0.0458. The molecule has 15 aromatic rings. The summed E-state index contributed by atoms with van der Waals surface area (Å²) in [4.78, 5) is 10.4. The SMILES string of the molecule is CC(C)(C)c1ccc(N2c3cc(N(c4ccccc4)c4ccccc4)cc4c3B(c3ccc(N(c5ccccc5)c5cccc6c5-c5ccccc5[Si]6(C)C)cc3N4c3ccc(C(C)(C)C)cc3-c3ccc4ccc5cccc6ccc3c4c56)c3sc4ccc(C(C)(C)C)cc4c32)cc1. The smallest absolute Gasteiger partial charge is 0.264 e. The summed E-state index contributed by atoms with van der Waals surface area (Å²) in [5, 5.41) is 11.9. The second kappa shape index (κ2) is 22.3. The Balaban J connectivity index is 1.00. The summed E-state index contributed by atoms with van der Waals surface area (Å²) < 4.78 is 2.62. The zero-order valence-electron chi connectivity index (χ0n) is 58.3. The lowest BCUT2D eigenvalue weighted by molar-refractivity contribution is 0.590. The highest BCUT2D eigenvalue weighted by molar-refractivity contribution is 7.33. The van der Waals surface area contributed by atoms with Crippen molar-refractivity contribution in [2.45, 2.75) is 91.7 Å². The monoisotopic (exact) mass is 1310 g/mol. The summed E-state index contributed by atoms with van der Waals surface area (Å²) in [7, 11) is -2.10. The Morgan fingerprint density at radius 1 is 0.364 bits per heavy atom. The molecule has 7 heteroatoms. The first-order valence-electron chi connectivity index (χ1n) is 35.2. The highest BCUT2D eigenvalue weighted by Crippen LogP contribution is 2.55. The molecule has 0 N–H and O–H groups in total. The first kappa shape index (κ1) is 60.9. The van der Waals surface area contributed by atoms with Crippen LogP contribution in [-0.4, -0.2) is 14.8 Å². The minimum Gasteiger partial charge on any atom is -0.311 e. The predicted octanol–water partition coefficient (Wildman–Crippen LogP) is 23.2. The molecule has 0 unspecified atom stereocenters. The summed E-state index contributed by atoms with van der Waals surface area (Å²) in [6.45, 7) is 26.0. The molecule has 1 aromatic heterocycles. The molecule has 0 spiro atoms. The Kier molecular flexibility index (Phi) is 13.7. The second-order valence-corrected chi connectivity index (χ2v) is 36.7. The average Bonchev–Trinajstić information content (AvgIpc) is 1.68. The van der Waals surface area contributed by atoms with Gasteiger partial charge in [0.25, 0.3) is 6.71 Å². The van der Waals surface area contributed by atoms with Crippen molar-refractivity contribution in [2.24, 2.45) is 0 Å². The number of hydrogen-bond donors (Lipinski definition) is 0. The fraction of sp³-hybridized carbons (Fsp3) is 0.152. The Labute approximate surface area is 588 Å². The maximum Gasteiger partial charge on any atom is 0.264 e. The van der Waals surface area contributed by atoms with Crippen molar-refractivity contribution >= 4 is 163 Å². The van der Waals surface area contributed by atoms with Crippen molar-refractivity contribution < 1.29 is 0 Å². The topological polar surface area (TPSA) is 13.0 Å². The molecule has 0 atom stereocenters. The molecule has 0 aliphatic carbocycles. The van der Waals surface area contributed by atoms with E-state index in [2.05, 4.69) is 374 Å². The zero-order valence-corrected chi connectivity index (χ0v) is 60.1. The zero-order chi connectivity index (χ0) is 67.6. The van der Waals surface area contributed by atoms with Crippen LogP contribution in [0.25, 0.3) is 64.7 Å². The van der Waals surface area contributed by atoms with E-state index < -0.39 is 8.07 Å². The van der Waals surface area contributed by atoms with Gasteiger partial charge in [0.1, 0.15) is 8.07 Å². The molecule has 0 radical (unpaired) electrons. The maximum atomic E-state index is 2.71. The molecule has 18 rings (SSSR count). The number of rotatable bonds is 9. The molecule has 0 saturated carbocycles. The fourth-order valence-electron chi connectivity index (χ4n) is 16.7. The van der Waals surface area contributed by atoms with Gasteiger partial charge < -0.3 is 19.6 Å². The highest BCUT2D eigenvalue weighted by atomic mass is 32.1. The van der Waals surface area contributed by atoms with Gasteiger partial charge in [-0.25, -0.2) is 0 Å². The van der Waals surface area contributed by atoms with E-state index in [0.29, 0.717) is 0 Å². The number of fused-ring (bicyclic) bond motifs is 9. The number of benzene rings is 14. The van der Waals surface area contributed by atoms with E-state index in [9.17, 15) is 0 Å². The maximum absolute atomic E-state index is 2.71. The second-order valence-electron chi connectivity index (χ2n) is 31.3. The lowest BCUT2D eigenvalue weighted by Gasteiger charge is -2.45. The van der Waals surface area contributed by atoms with E-state index in [0.717, 1.165) is 56.9 Å². The van der Waals surface area contributed by atoms with Gasteiger partial charge in [-0.05, 0) is 201 Å². The predicted molar refractivity (Wildman–Crippen MR) is 433 cm³/mol. The van der Waals surface area contributed by atoms with Crippen LogP contribution in [0.4, 0.5) is 68.2 Å². The van der Waals surface area contributed by atoms with Crippen molar-refractivity contribution in [1.82, 2.24) is 0 Å². The quantitative estimate of drug-likeness (QED) is 0.105. The summed E-state index contributed by atoms with van der Waals surface area (Å²) in [5.41, 5.74) is 24.8. The Bertz CT molecular complexity index is 5680. The molecule has 3 aliphatic rings. The van der Waals surface area contributed by atoms with Crippen LogP contribution in [0.1, 0.15) is 79.0 Å². The van der Waals surface area contributed by atoms with Crippen LogP contribution in [0.2, 0.25) is 13.1 Å². The molecule has 4 heterocycles. The third-order valence-corrected chi connectivity index (χ3v) is 26.6. The summed E-state index contributed by atoms with van der Waals surface area (Å²) in [5.74, 6) is 0. The average molecular weight is 1310 g/mol. The van der Waals surface area contributed by atoms with Gasteiger partial charge >= 0.3 is 0 Å². The van der Waals surface area contributed by atoms with Gasteiger partial charge in [-0.15, -0.1) is 11.3 Å².